The summed E-state index contributed by atoms with van der Waals surface area (Å²) >= 11 is 3.35. The highest BCUT2D eigenvalue weighted by Crippen LogP contribution is 2.30. The van der Waals surface area contributed by atoms with Crippen molar-refractivity contribution in [1.29, 1.82) is 0 Å². The van der Waals surface area contributed by atoms with E-state index in [1.807, 2.05) is 6.07 Å². The number of aryl methyl sites for hydroxylation is 1. The van der Waals surface area contributed by atoms with E-state index in [2.05, 4.69) is 45.1 Å². The molecule has 0 radical (unpaired) electrons. The number of benzene rings is 2. The largest absolute Gasteiger partial charge is 0.367 e. The van der Waals surface area contributed by atoms with E-state index in [-0.39, 0.29) is 5.82 Å². The van der Waals surface area contributed by atoms with Crippen LogP contribution in [0, 0.1) is 5.82 Å². The number of anilines is 1. The summed E-state index contributed by atoms with van der Waals surface area (Å²) in [5.74, 6) is -0.192. The van der Waals surface area contributed by atoms with Gasteiger partial charge in [0.15, 0.2) is 0 Å². The van der Waals surface area contributed by atoms with Crippen molar-refractivity contribution < 1.29 is 4.39 Å². The molecule has 1 nitrogen and oxygen atoms in total. The zero-order valence-electron chi connectivity index (χ0n) is 10.6. The SMILES string of the molecule is Fc1cccc(CN2CCCc3ccccc32)c1Br. The van der Waals surface area contributed by atoms with Gasteiger partial charge in [0.2, 0.25) is 0 Å². The summed E-state index contributed by atoms with van der Waals surface area (Å²) in [5, 5.41) is 0. The quantitative estimate of drug-likeness (QED) is 0.785. The third-order valence-corrected chi connectivity index (χ3v) is 4.49. The Morgan fingerprint density at radius 3 is 2.84 bits per heavy atom. The molecule has 0 saturated carbocycles. The normalized spacial score (nSPS) is 14.3. The van der Waals surface area contributed by atoms with Crippen molar-refractivity contribution in [3.8, 4) is 0 Å². The van der Waals surface area contributed by atoms with Crippen LogP contribution < -0.4 is 4.90 Å². The summed E-state index contributed by atoms with van der Waals surface area (Å²) < 4.78 is 14.1. The second-order valence-corrected chi connectivity index (χ2v) is 5.66. The van der Waals surface area contributed by atoms with Crippen molar-refractivity contribution in [3.05, 3.63) is 63.9 Å². The van der Waals surface area contributed by atoms with Crippen LogP contribution in [0.3, 0.4) is 0 Å². The highest BCUT2D eigenvalue weighted by Gasteiger charge is 2.17. The second kappa shape index (κ2) is 5.33. The maximum absolute atomic E-state index is 13.6. The molecular weight excluding hydrogens is 305 g/mol. The van der Waals surface area contributed by atoms with Gasteiger partial charge in [-0.25, -0.2) is 4.39 Å². The average molecular weight is 320 g/mol. The average Bonchev–Trinajstić information content (AvgIpc) is 2.44. The van der Waals surface area contributed by atoms with Crippen LogP contribution in [-0.4, -0.2) is 6.54 Å². The Morgan fingerprint density at radius 2 is 1.95 bits per heavy atom. The van der Waals surface area contributed by atoms with E-state index in [4.69, 9.17) is 0 Å². The fraction of sp³-hybridized carbons (Fsp3) is 0.250. The molecule has 0 unspecified atom stereocenters. The van der Waals surface area contributed by atoms with Crippen LogP contribution in [0.25, 0.3) is 0 Å². The molecule has 1 aliphatic rings. The number of rotatable bonds is 2. The van der Waals surface area contributed by atoms with Gasteiger partial charge in [-0.2, -0.15) is 0 Å². The fourth-order valence-electron chi connectivity index (χ4n) is 2.65. The van der Waals surface area contributed by atoms with Gasteiger partial charge in [0, 0.05) is 18.8 Å². The summed E-state index contributed by atoms with van der Waals surface area (Å²) in [7, 11) is 0. The zero-order valence-corrected chi connectivity index (χ0v) is 12.2. The molecule has 0 bridgehead atoms. The minimum Gasteiger partial charge on any atom is -0.367 e. The van der Waals surface area contributed by atoms with Crippen molar-refractivity contribution in [2.45, 2.75) is 19.4 Å². The number of hydrogen-bond acceptors (Lipinski definition) is 1. The summed E-state index contributed by atoms with van der Waals surface area (Å²) in [6.07, 6.45) is 2.29. The van der Waals surface area contributed by atoms with E-state index >= 15 is 0 Å². The van der Waals surface area contributed by atoms with Gasteiger partial charge in [-0.15, -0.1) is 0 Å². The maximum Gasteiger partial charge on any atom is 0.137 e. The van der Waals surface area contributed by atoms with Crippen molar-refractivity contribution in [2.24, 2.45) is 0 Å². The van der Waals surface area contributed by atoms with Crippen molar-refractivity contribution in [2.75, 3.05) is 11.4 Å². The minimum absolute atomic E-state index is 0.192. The molecule has 1 heterocycles. The van der Waals surface area contributed by atoms with Gasteiger partial charge in [0.25, 0.3) is 0 Å². The lowest BCUT2D eigenvalue weighted by molar-refractivity contribution is 0.615. The first-order valence-corrected chi connectivity index (χ1v) is 7.31. The first-order valence-electron chi connectivity index (χ1n) is 6.51. The van der Waals surface area contributed by atoms with Crippen LogP contribution in [-0.2, 0) is 13.0 Å². The molecule has 0 aliphatic carbocycles. The van der Waals surface area contributed by atoms with E-state index in [0.717, 1.165) is 31.5 Å². The first-order chi connectivity index (χ1) is 9.25. The second-order valence-electron chi connectivity index (χ2n) is 4.87. The van der Waals surface area contributed by atoms with E-state index < -0.39 is 0 Å². The Balaban J connectivity index is 1.91. The third kappa shape index (κ3) is 2.52. The Bertz CT molecular complexity index is 597. The molecule has 2 aromatic rings. The van der Waals surface area contributed by atoms with Crippen LogP contribution in [0.2, 0.25) is 0 Å². The number of hydrogen-bond donors (Lipinski definition) is 0. The van der Waals surface area contributed by atoms with Crippen molar-refractivity contribution in [3.63, 3.8) is 0 Å². The van der Waals surface area contributed by atoms with Gasteiger partial charge in [-0.3, -0.25) is 0 Å². The van der Waals surface area contributed by atoms with Crippen LogP contribution in [0.15, 0.2) is 46.9 Å². The molecule has 0 aromatic heterocycles. The molecule has 3 heteroatoms. The molecule has 98 valence electrons. The molecule has 0 N–H and O–H groups in total. The fourth-order valence-corrected chi connectivity index (χ4v) is 3.04. The first kappa shape index (κ1) is 12.7. The Hall–Kier alpha value is -1.35. The Labute approximate surface area is 121 Å². The highest BCUT2D eigenvalue weighted by molar-refractivity contribution is 9.10. The van der Waals surface area contributed by atoms with Gasteiger partial charge >= 0.3 is 0 Å². The number of halogens is 2. The number of fused-ring (bicyclic) bond motifs is 1. The van der Waals surface area contributed by atoms with Gasteiger partial charge in [-0.1, -0.05) is 30.3 Å². The van der Waals surface area contributed by atoms with Crippen LogP contribution in [0.4, 0.5) is 10.1 Å². The van der Waals surface area contributed by atoms with Gasteiger partial charge in [-0.05, 0) is 52.0 Å². The van der Waals surface area contributed by atoms with E-state index in [1.165, 1.54) is 17.3 Å². The van der Waals surface area contributed by atoms with Crippen LogP contribution >= 0.6 is 15.9 Å². The lowest BCUT2D eigenvalue weighted by Gasteiger charge is -2.31. The molecule has 19 heavy (non-hydrogen) atoms. The monoisotopic (exact) mass is 319 g/mol. The Kier molecular flexibility index (Phi) is 3.56. The molecule has 0 amide bonds. The molecule has 2 aromatic carbocycles. The molecule has 0 saturated heterocycles. The van der Waals surface area contributed by atoms with Crippen LogP contribution in [0.1, 0.15) is 17.5 Å². The van der Waals surface area contributed by atoms with Crippen LogP contribution in [0.5, 0.6) is 0 Å². The maximum atomic E-state index is 13.6. The standard InChI is InChI=1S/C16H15BrFN/c17-16-13(6-3-8-14(16)18)11-19-10-4-7-12-5-1-2-9-15(12)19/h1-3,5-6,8-9H,4,7,10-11H2. The lowest BCUT2D eigenvalue weighted by atomic mass is 10.0. The van der Waals surface area contributed by atoms with Crippen molar-refractivity contribution >= 4 is 21.6 Å². The summed E-state index contributed by atoms with van der Waals surface area (Å²) in [6.45, 7) is 1.77. The van der Waals surface area contributed by atoms with E-state index in [9.17, 15) is 4.39 Å². The summed E-state index contributed by atoms with van der Waals surface area (Å²) in [5.41, 5.74) is 3.67. The molecular formula is C16H15BrFN. The predicted molar refractivity (Wildman–Crippen MR) is 79.9 cm³/mol. The van der Waals surface area contributed by atoms with Gasteiger partial charge in [0.05, 0.1) is 4.47 Å². The minimum atomic E-state index is -0.192. The van der Waals surface area contributed by atoms with Crippen molar-refractivity contribution in [1.82, 2.24) is 0 Å². The third-order valence-electron chi connectivity index (χ3n) is 3.60. The molecule has 1 aliphatic heterocycles. The van der Waals surface area contributed by atoms with Gasteiger partial charge in [0.1, 0.15) is 5.82 Å². The number of nitrogens with zero attached hydrogens (tertiary/aromatic N) is 1. The predicted octanol–water partition coefficient (Wildman–Crippen LogP) is 4.54. The topological polar surface area (TPSA) is 3.24 Å². The van der Waals surface area contributed by atoms with Gasteiger partial charge < -0.3 is 4.90 Å². The summed E-state index contributed by atoms with van der Waals surface area (Å²) in [6, 6.07) is 13.7. The molecule has 0 atom stereocenters. The molecule has 0 fully saturated rings. The molecule has 0 spiro atoms. The smallest absolute Gasteiger partial charge is 0.137 e. The van der Waals surface area contributed by atoms with E-state index in [0.29, 0.717) is 4.47 Å². The number of para-hydroxylation sites is 1. The Morgan fingerprint density at radius 1 is 1.11 bits per heavy atom. The van der Waals surface area contributed by atoms with E-state index in [1.54, 1.807) is 6.07 Å². The summed E-state index contributed by atoms with van der Waals surface area (Å²) in [4.78, 5) is 2.33. The highest BCUT2D eigenvalue weighted by atomic mass is 79.9. The zero-order chi connectivity index (χ0) is 13.2. The molecule has 3 rings (SSSR count). The lowest BCUT2D eigenvalue weighted by Crippen LogP contribution is -2.28.